The lowest BCUT2D eigenvalue weighted by Gasteiger charge is -2.23. The molecule has 0 radical (unpaired) electrons. The molecule has 6 nitrogen and oxygen atoms in total. The predicted octanol–water partition coefficient (Wildman–Crippen LogP) is 4.35. The smallest absolute Gasteiger partial charge is 0.242 e. The van der Waals surface area contributed by atoms with Gasteiger partial charge in [-0.2, -0.15) is 5.26 Å². The minimum absolute atomic E-state index is 0.0959. The fourth-order valence-corrected chi connectivity index (χ4v) is 5.11. The number of nitrogens with one attached hydrogen (secondary N) is 2. The van der Waals surface area contributed by atoms with E-state index in [-0.39, 0.29) is 18.4 Å². The second kappa shape index (κ2) is 10.6. The van der Waals surface area contributed by atoms with Crippen LogP contribution in [0.25, 0.3) is 0 Å². The van der Waals surface area contributed by atoms with Crippen molar-refractivity contribution in [1.29, 1.82) is 5.26 Å². The number of nitriles is 1. The highest BCUT2D eigenvalue weighted by Crippen LogP contribution is 2.37. The molecule has 1 aromatic heterocycles. The first-order valence-corrected chi connectivity index (χ1v) is 11.7. The molecule has 0 spiro atoms. The molecule has 1 unspecified atom stereocenters. The van der Waals surface area contributed by atoms with E-state index in [1.54, 1.807) is 18.9 Å². The van der Waals surface area contributed by atoms with Gasteiger partial charge in [-0.05, 0) is 63.3 Å². The van der Waals surface area contributed by atoms with E-state index in [1.807, 2.05) is 31.2 Å². The van der Waals surface area contributed by atoms with Crippen molar-refractivity contribution in [1.82, 2.24) is 4.90 Å². The molecule has 2 amide bonds. The normalized spacial score (nSPS) is 14.3. The third kappa shape index (κ3) is 5.52. The number of anilines is 2. The predicted molar refractivity (Wildman–Crippen MR) is 125 cm³/mol. The molecule has 3 rings (SSSR count). The van der Waals surface area contributed by atoms with E-state index in [1.165, 1.54) is 22.6 Å². The van der Waals surface area contributed by atoms with Crippen molar-refractivity contribution in [2.24, 2.45) is 0 Å². The summed E-state index contributed by atoms with van der Waals surface area (Å²) in [6.45, 7) is 3.91. The third-order valence-corrected chi connectivity index (χ3v) is 7.08. The minimum atomic E-state index is -0.513. The molecular formula is C24H30N4O2S. The number of rotatable bonds is 7. The summed E-state index contributed by atoms with van der Waals surface area (Å²) in [5.41, 5.74) is 3.60. The summed E-state index contributed by atoms with van der Waals surface area (Å²) in [7, 11) is 1.75. The number of benzene rings is 1. The number of hydrogen-bond acceptors (Lipinski definition) is 5. The Morgan fingerprint density at radius 3 is 2.68 bits per heavy atom. The standard InChI is InChI=1S/C24H30N4O2S/c1-4-17-10-8-9-12-20(17)26-22(29)15-28(3)16(2)23(30)27-24-19(14-25)18-11-6-5-7-13-21(18)31-24/h8-10,12,16H,4-7,11,13,15H2,1-3H3,(H,26,29)(H,27,30). The van der Waals surface area contributed by atoms with Crippen LogP contribution in [0, 0.1) is 11.3 Å². The number of para-hydroxylation sites is 1. The van der Waals surface area contributed by atoms with Gasteiger partial charge < -0.3 is 10.6 Å². The molecule has 1 aromatic carbocycles. The third-order valence-electron chi connectivity index (χ3n) is 5.88. The largest absolute Gasteiger partial charge is 0.325 e. The average Bonchev–Trinajstić information content (AvgIpc) is 2.92. The Bertz CT molecular complexity index is 992. The Morgan fingerprint density at radius 2 is 1.94 bits per heavy atom. The molecule has 0 saturated carbocycles. The van der Waals surface area contributed by atoms with Crippen molar-refractivity contribution < 1.29 is 9.59 Å². The van der Waals surface area contributed by atoms with Gasteiger partial charge in [0.25, 0.3) is 0 Å². The molecule has 0 bridgehead atoms. The van der Waals surface area contributed by atoms with Crippen LogP contribution < -0.4 is 10.6 Å². The van der Waals surface area contributed by atoms with Crippen LogP contribution in [-0.4, -0.2) is 36.3 Å². The van der Waals surface area contributed by atoms with Gasteiger partial charge >= 0.3 is 0 Å². The molecule has 2 N–H and O–H groups in total. The van der Waals surface area contributed by atoms with Crippen molar-refractivity contribution >= 4 is 33.8 Å². The summed E-state index contributed by atoms with van der Waals surface area (Å²) in [5.74, 6) is -0.374. The quantitative estimate of drug-likeness (QED) is 0.630. The fourth-order valence-electron chi connectivity index (χ4n) is 3.87. The van der Waals surface area contributed by atoms with Crippen LogP contribution in [-0.2, 0) is 28.9 Å². The number of nitrogens with zero attached hydrogens (tertiary/aromatic N) is 2. The maximum absolute atomic E-state index is 12.9. The number of carbonyl (C=O) groups excluding carboxylic acids is 2. The summed E-state index contributed by atoms with van der Waals surface area (Å²) in [4.78, 5) is 28.3. The molecule has 0 aliphatic heterocycles. The van der Waals surface area contributed by atoms with Crippen LogP contribution >= 0.6 is 11.3 Å². The van der Waals surface area contributed by atoms with Gasteiger partial charge in [0.2, 0.25) is 11.8 Å². The zero-order valence-electron chi connectivity index (χ0n) is 18.5. The Morgan fingerprint density at radius 1 is 1.19 bits per heavy atom. The van der Waals surface area contributed by atoms with Crippen LogP contribution in [0.3, 0.4) is 0 Å². The van der Waals surface area contributed by atoms with E-state index < -0.39 is 6.04 Å². The van der Waals surface area contributed by atoms with Crippen LogP contribution in [0.5, 0.6) is 0 Å². The lowest BCUT2D eigenvalue weighted by atomic mass is 10.1. The van der Waals surface area contributed by atoms with Crippen molar-refractivity contribution in [3.63, 3.8) is 0 Å². The van der Waals surface area contributed by atoms with E-state index in [0.717, 1.165) is 48.9 Å². The number of aryl methyl sites for hydroxylation is 2. The zero-order chi connectivity index (χ0) is 22.4. The molecular weight excluding hydrogens is 408 g/mol. The lowest BCUT2D eigenvalue weighted by Crippen LogP contribution is -2.43. The molecule has 7 heteroatoms. The van der Waals surface area contributed by atoms with Crippen molar-refractivity contribution in [2.45, 2.75) is 58.4 Å². The average molecular weight is 439 g/mol. The maximum atomic E-state index is 12.9. The van der Waals surface area contributed by atoms with Gasteiger partial charge in [-0.25, -0.2) is 0 Å². The summed E-state index contributed by atoms with van der Waals surface area (Å²) < 4.78 is 0. The van der Waals surface area contributed by atoms with Crippen LogP contribution in [0.2, 0.25) is 0 Å². The minimum Gasteiger partial charge on any atom is -0.325 e. The summed E-state index contributed by atoms with van der Waals surface area (Å²) in [6.07, 6.45) is 6.10. The molecule has 2 aromatic rings. The highest BCUT2D eigenvalue weighted by molar-refractivity contribution is 7.16. The van der Waals surface area contributed by atoms with Crippen molar-refractivity contribution in [3.8, 4) is 6.07 Å². The van der Waals surface area contributed by atoms with Crippen molar-refractivity contribution in [2.75, 3.05) is 24.2 Å². The number of hydrogen-bond donors (Lipinski definition) is 2. The van der Waals surface area contributed by atoms with E-state index in [0.29, 0.717) is 10.6 Å². The molecule has 31 heavy (non-hydrogen) atoms. The van der Waals surface area contributed by atoms with E-state index in [2.05, 4.69) is 16.7 Å². The van der Waals surface area contributed by atoms with Gasteiger partial charge in [0.15, 0.2) is 0 Å². The van der Waals surface area contributed by atoms with Gasteiger partial charge in [-0.1, -0.05) is 31.5 Å². The van der Waals surface area contributed by atoms with Gasteiger partial charge in [0.1, 0.15) is 11.1 Å². The van der Waals surface area contributed by atoms with Crippen LogP contribution in [0.15, 0.2) is 24.3 Å². The van der Waals surface area contributed by atoms with Crippen LogP contribution in [0.1, 0.15) is 54.7 Å². The summed E-state index contributed by atoms with van der Waals surface area (Å²) in [6, 6.07) is 9.50. The second-order valence-corrected chi connectivity index (χ2v) is 9.12. The Hall–Kier alpha value is -2.69. The van der Waals surface area contributed by atoms with Gasteiger partial charge in [-0.3, -0.25) is 14.5 Å². The fraction of sp³-hybridized carbons (Fsp3) is 0.458. The molecule has 1 aliphatic carbocycles. The number of fused-ring (bicyclic) bond motifs is 1. The lowest BCUT2D eigenvalue weighted by molar-refractivity contribution is -0.122. The molecule has 0 saturated heterocycles. The first kappa shape index (κ1) is 23.0. The Balaban J connectivity index is 1.62. The molecule has 1 aliphatic rings. The monoisotopic (exact) mass is 438 g/mol. The Kier molecular flexibility index (Phi) is 7.83. The number of amides is 2. The van der Waals surface area contributed by atoms with Gasteiger partial charge in [0.05, 0.1) is 18.2 Å². The molecule has 1 heterocycles. The van der Waals surface area contributed by atoms with E-state index in [9.17, 15) is 14.9 Å². The maximum Gasteiger partial charge on any atom is 0.242 e. The van der Waals surface area contributed by atoms with Crippen molar-refractivity contribution in [3.05, 3.63) is 45.8 Å². The number of likely N-dealkylation sites (N-methyl/N-ethyl adjacent to an activating group) is 1. The number of thiophene rings is 1. The second-order valence-electron chi connectivity index (χ2n) is 8.02. The first-order valence-electron chi connectivity index (χ1n) is 10.9. The zero-order valence-corrected chi connectivity index (χ0v) is 19.3. The molecule has 164 valence electrons. The van der Waals surface area contributed by atoms with Gasteiger partial charge in [-0.15, -0.1) is 11.3 Å². The first-order chi connectivity index (χ1) is 14.9. The highest BCUT2D eigenvalue weighted by atomic mass is 32.1. The SMILES string of the molecule is CCc1ccccc1NC(=O)CN(C)C(C)C(=O)Nc1sc2c(c1C#N)CCCCC2. The topological polar surface area (TPSA) is 85.2 Å². The molecule has 0 fully saturated rings. The summed E-state index contributed by atoms with van der Waals surface area (Å²) in [5, 5.41) is 16.2. The van der Waals surface area contributed by atoms with E-state index >= 15 is 0 Å². The highest BCUT2D eigenvalue weighted by Gasteiger charge is 2.25. The number of carbonyl (C=O) groups is 2. The Labute approximate surface area is 188 Å². The van der Waals surface area contributed by atoms with Gasteiger partial charge in [0, 0.05) is 10.6 Å². The van der Waals surface area contributed by atoms with E-state index in [4.69, 9.17) is 0 Å². The molecule has 1 atom stereocenters. The summed E-state index contributed by atoms with van der Waals surface area (Å²) >= 11 is 1.52. The van der Waals surface area contributed by atoms with Crippen LogP contribution in [0.4, 0.5) is 10.7 Å².